The molecular weight excluding hydrogens is 204 g/mol. The third-order valence-corrected chi connectivity index (χ3v) is 3.54. The van der Waals surface area contributed by atoms with Gasteiger partial charge in [0.2, 0.25) is 0 Å². The molecule has 1 aliphatic heterocycles. The highest BCUT2D eigenvalue weighted by molar-refractivity contribution is 5.18. The first-order chi connectivity index (χ1) is 7.67. The highest BCUT2D eigenvalue weighted by atomic mass is 16.7. The van der Waals surface area contributed by atoms with Gasteiger partial charge in [-0.1, -0.05) is 30.3 Å². The van der Waals surface area contributed by atoms with E-state index in [0.717, 1.165) is 5.56 Å². The van der Waals surface area contributed by atoms with Crippen LogP contribution in [0.3, 0.4) is 0 Å². The largest absolute Gasteiger partial charge is 0.393 e. The number of hydrogen-bond acceptors (Lipinski definition) is 3. The summed E-state index contributed by atoms with van der Waals surface area (Å²) in [5.74, 6) is 0. The fourth-order valence-corrected chi connectivity index (χ4v) is 2.68. The van der Waals surface area contributed by atoms with Gasteiger partial charge in [0.25, 0.3) is 0 Å². The van der Waals surface area contributed by atoms with E-state index >= 15 is 0 Å². The van der Waals surface area contributed by atoms with Crippen molar-refractivity contribution in [1.82, 2.24) is 0 Å². The van der Waals surface area contributed by atoms with Gasteiger partial charge >= 0.3 is 0 Å². The summed E-state index contributed by atoms with van der Waals surface area (Å²) in [6, 6.07) is 9.95. The highest BCUT2D eigenvalue weighted by Gasteiger charge is 2.52. The fourth-order valence-electron chi connectivity index (χ4n) is 2.68. The van der Waals surface area contributed by atoms with Gasteiger partial charge in [-0.05, 0) is 6.92 Å². The Labute approximate surface area is 95.0 Å². The molecule has 16 heavy (non-hydrogen) atoms. The van der Waals surface area contributed by atoms with Crippen molar-refractivity contribution in [3.05, 3.63) is 35.9 Å². The molecular formula is C13H16O3. The summed E-state index contributed by atoms with van der Waals surface area (Å²) in [5.41, 5.74) is 0.729. The minimum Gasteiger partial charge on any atom is -0.393 e. The number of aliphatic hydroxyl groups is 1. The lowest BCUT2D eigenvalue weighted by Crippen LogP contribution is -2.30. The quantitative estimate of drug-likeness (QED) is 0.786. The average Bonchev–Trinajstić information content (AvgIpc) is 2.70. The third kappa shape index (κ3) is 1.56. The van der Waals surface area contributed by atoms with Crippen molar-refractivity contribution in [2.75, 3.05) is 0 Å². The minimum atomic E-state index is -0.320. The lowest BCUT2D eigenvalue weighted by Gasteiger charge is -2.20. The van der Waals surface area contributed by atoms with E-state index in [4.69, 9.17) is 9.47 Å². The number of aliphatic hydroxyl groups excluding tert-OH is 1. The van der Waals surface area contributed by atoms with Gasteiger partial charge in [-0.15, -0.1) is 0 Å². The summed E-state index contributed by atoms with van der Waals surface area (Å²) in [6.45, 7) is 2.02. The van der Waals surface area contributed by atoms with Crippen LogP contribution in [-0.2, 0) is 9.47 Å². The molecule has 2 fully saturated rings. The van der Waals surface area contributed by atoms with Gasteiger partial charge in [-0.2, -0.15) is 0 Å². The Bertz CT molecular complexity index is 378. The van der Waals surface area contributed by atoms with Crippen molar-refractivity contribution in [1.29, 1.82) is 0 Å². The normalized spacial score (nSPS) is 42.2. The van der Waals surface area contributed by atoms with Crippen molar-refractivity contribution in [3.63, 3.8) is 0 Å². The first kappa shape index (κ1) is 10.3. The zero-order chi connectivity index (χ0) is 11.2. The first-order valence-corrected chi connectivity index (χ1v) is 5.74. The predicted octanol–water partition coefficient (Wildman–Crippen LogP) is 2.01. The summed E-state index contributed by atoms with van der Waals surface area (Å²) < 4.78 is 11.8. The highest BCUT2D eigenvalue weighted by Crippen LogP contribution is 2.46. The standard InChI is InChI=1S/C13H16O3/c1-13-8-10(14)7-11(13)15-12(16-13)9-5-3-2-4-6-9/h2-6,10-12,14H,7-8H2,1H3. The molecule has 0 bridgehead atoms. The summed E-state index contributed by atoms with van der Waals surface area (Å²) in [6.07, 6.45) is 0.809. The summed E-state index contributed by atoms with van der Waals surface area (Å²) >= 11 is 0. The van der Waals surface area contributed by atoms with Crippen molar-refractivity contribution in [3.8, 4) is 0 Å². The van der Waals surface area contributed by atoms with Gasteiger partial charge in [0.15, 0.2) is 6.29 Å². The van der Waals surface area contributed by atoms with Crippen molar-refractivity contribution < 1.29 is 14.6 Å². The Morgan fingerprint density at radius 2 is 2.06 bits per heavy atom. The third-order valence-electron chi connectivity index (χ3n) is 3.54. The van der Waals surface area contributed by atoms with E-state index in [2.05, 4.69) is 0 Å². The number of rotatable bonds is 1. The second kappa shape index (κ2) is 3.55. The minimum absolute atomic E-state index is 0.0210. The van der Waals surface area contributed by atoms with Gasteiger partial charge in [0.1, 0.15) is 0 Å². The molecule has 0 amide bonds. The Hall–Kier alpha value is -0.900. The molecule has 2 aliphatic rings. The Morgan fingerprint density at radius 3 is 2.75 bits per heavy atom. The predicted molar refractivity (Wildman–Crippen MR) is 58.8 cm³/mol. The molecule has 0 radical (unpaired) electrons. The van der Waals surface area contributed by atoms with Crippen LogP contribution in [0.1, 0.15) is 31.6 Å². The molecule has 4 unspecified atom stereocenters. The van der Waals surface area contributed by atoms with Crippen LogP contribution in [0.25, 0.3) is 0 Å². The average molecular weight is 220 g/mol. The Morgan fingerprint density at radius 1 is 1.31 bits per heavy atom. The zero-order valence-electron chi connectivity index (χ0n) is 9.30. The number of fused-ring (bicyclic) bond motifs is 1. The van der Waals surface area contributed by atoms with E-state index < -0.39 is 0 Å². The van der Waals surface area contributed by atoms with Crippen LogP contribution >= 0.6 is 0 Å². The lowest BCUT2D eigenvalue weighted by molar-refractivity contribution is -0.104. The SMILES string of the molecule is CC12CC(O)CC1OC(c1ccccc1)O2. The van der Waals surface area contributed by atoms with Crippen LogP contribution in [0.15, 0.2) is 30.3 Å². The van der Waals surface area contributed by atoms with Crippen LogP contribution < -0.4 is 0 Å². The molecule has 1 heterocycles. The van der Waals surface area contributed by atoms with E-state index in [1.165, 1.54) is 0 Å². The molecule has 3 nitrogen and oxygen atoms in total. The number of benzene rings is 1. The van der Waals surface area contributed by atoms with E-state index in [0.29, 0.717) is 12.8 Å². The van der Waals surface area contributed by atoms with Crippen LogP contribution in [0, 0.1) is 0 Å². The molecule has 4 atom stereocenters. The van der Waals surface area contributed by atoms with E-state index in [1.807, 2.05) is 37.3 Å². The molecule has 1 N–H and O–H groups in total. The van der Waals surface area contributed by atoms with Gasteiger partial charge in [0, 0.05) is 18.4 Å². The number of hydrogen-bond donors (Lipinski definition) is 1. The van der Waals surface area contributed by atoms with Crippen LogP contribution in [0.5, 0.6) is 0 Å². The molecule has 1 saturated carbocycles. The molecule has 0 aromatic heterocycles. The maximum Gasteiger partial charge on any atom is 0.185 e. The summed E-state index contributed by atoms with van der Waals surface area (Å²) in [4.78, 5) is 0. The van der Waals surface area contributed by atoms with Crippen LogP contribution in [0.4, 0.5) is 0 Å². The Balaban J connectivity index is 1.80. The second-order valence-electron chi connectivity index (χ2n) is 4.89. The van der Waals surface area contributed by atoms with Gasteiger partial charge in [-0.3, -0.25) is 0 Å². The molecule has 86 valence electrons. The van der Waals surface area contributed by atoms with Crippen molar-refractivity contribution >= 4 is 0 Å². The fraction of sp³-hybridized carbons (Fsp3) is 0.538. The first-order valence-electron chi connectivity index (χ1n) is 5.74. The van der Waals surface area contributed by atoms with E-state index in [9.17, 15) is 5.11 Å². The van der Waals surface area contributed by atoms with Crippen LogP contribution in [-0.4, -0.2) is 22.9 Å². The van der Waals surface area contributed by atoms with Crippen molar-refractivity contribution in [2.24, 2.45) is 0 Å². The van der Waals surface area contributed by atoms with Gasteiger partial charge < -0.3 is 14.6 Å². The maximum absolute atomic E-state index is 9.60. The second-order valence-corrected chi connectivity index (χ2v) is 4.89. The lowest BCUT2D eigenvalue weighted by atomic mass is 10.0. The van der Waals surface area contributed by atoms with E-state index in [1.54, 1.807) is 0 Å². The molecule has 1 saturated heterocycles. The Kier molecular flexibility index (Phi) is 2.28. The van der Waals surface area contributed by atoms with E-state index in [-0.39, 0.29) is 24.1 Å². The van der Waals surface area contributed by atoms with Gasteiger partial charge in [0.05, 0.1) is 17.8 Å². The molecule has 1 aliphatic carbocycles. The summed E-state index contributed by atoms with van der Waals surface area (Å²) in [5, 5.41) is 9.60. The molecule has 1 aromatic rings. The van der Waals surface area contributed by atoms with Crippen LogP contribution in [0.2, 0.25) is 0 Å². The number of ether oxygens (including phenoxy) is 2. The topological polar surface area (TPSA) is 38.7 Å². The zero-order valence-corrected chi connectivity index (χ0v) is 9.30. The smallest absolute Gasteiger partial charge is 0.185 e. The molecule has 3 heteroatoms. The van der Waals surface area contributed by atoms with Gasteiger partial charge in [-0.25, -0.2) is 0 Å². The molecule has 3 rings (SSSR count). The monoisotopic (exact) mass is 220 g/mol. The summed E-state index contributed by atoms with van der Waals surface area (Å²) in [7, 11) is 0. The maximum atomic E-state index is 9.60. The van der Waals surface area contributed by atoms with Crippen molar-refractivity contribution in [2.45, 2.75) is 43.9 Å². The molecule has 0 spiro atoms. The molecule has 1 aromatic carbocycles.